The summed E-state index contributed by atoms with van der Waals surface area (Å²) in [5.74, 6) is -16.4. The van der Waals surface area contributed by atoms with Crippen LogP contribution in [0, 0.1) is 0 Å². The highest BCUT2D eigenvalue weighted by Crippen LogP contribution is 2.68. The Morgan fingerprint density at radius 2 is 0.721 bits per heavy atom. The van der Waals surface area contributed by atoms with Crippen LogP contribution in [-0.2, 0) is 22.0 Å². The molecule has 6 aromatic heterocycles. The van der Waals surface area contributed by atoms with Gasteiger partial charge in [-0.15, -0.1) is 68.0 Å². The number of aliphatic hydroxyl groups is 2. The number of alkyl halides is 6. The van der Waals surface area contributed by atoms with Gasteiger partial charge in [0.25, 0.3) is 0 Å². The number of rotatable bonds is 12. The van der Waals surface area contributed by atoms with E-state index in [0.29, 0.717) is 64.7 Å². The normalized spacial score (nSPS) is 17.0. The summed E-state index contributed by atoms with van der Waals surface area (Å²) in [5, 5.41) is 22.9. The summed E-state index contributed by atoms with van der Waals surface area (Å²) < 4.78 is 100. The van der Waals surface area contributed by atoms with Gasteiger partial charge in [-0.1, -0.05) is 69.2 Å². The number of hydrogen-bond acceptors (Lipinski definition) is 8. The SMILES string of the molecule is CCC(O)(CC)c1ccc(-c2sc(-c3ccc(C(C)(C)C)s3)cc2C2=C(c3cc(-c4ccc(C(C)(C)C)s4)sc3-c3ccc(C(O)(CC)CC)s3)C(F)(F)C(F)(F)C2(F)F)s1. The van der Waals surface area contributed by atoms with E-state index in [-0.39, 0.29) is 20.6 Å². The summed E-state index contributed by atoms with van der Waals surface area (Å²) in [6, 6.07) is 17.0. The number of hydrogen-bond donors (Lipinski definition) is 2. The standard InChI is InChI=1S/C47H50F6O2S6/c1-11-43(54,12-2)35-21-17-29(58-35)39-25(23-31(60-39)27-15-19-33(56-27)41(5,6)7)37-38(46(50,51)47(52,53)45(37,48)49)26-24-32(28-16-20-34(57-28)42(8,9)10)61-40(26)30-18-22-36(59-30)44(55,13-3)14-4/h15-24,54-55H,11-14H2,1-10H3. The lowest BCUT2D eigenvalue weighted by Crippen LogP contribution is -2.48. The molecule has 2 N–H and O–H groups in total. The van der Waals surface area contributed by atoms with Crippen molar-refractivity contribution in [3.8, 4) is 39.0 Å². The average molecular weight is 953 g/mol. The largest absolute Gasteiger partial charge is 0.384 e. The highest BCUT2D eigenvalue weighted by Gasteiger charge is 2.80. The van der Waals surface area contributed by atoms with Gasteiger partial charge >= 0.3 is 17.8 Å². The minimum atomic E-state index is -5.79. The van der Waals surface area contributed by atoms with Gasteiger partial charge in [0.05, 0.1) is 21.0 Å². The van der Waals surface area contributed by atoms with Crippen LogP contribution in [0.5, 0.6) is 0 Å². The molecule has 0 saturated carbocycles. The summed E-state index contributed by atoms with van der Waals surface area (Å²) in [5.41, 5.74) is -6.54. The van der Waals surface area contributed by atoms with E-state index >= 15 is 26.3 Å². The van der Waals surface area contributed by atoms with Crippen molar-refractivity contribution in [1.82, 2.24) is 0 Å². The minimum Gasteiger partial charge on any atom is -0.384 e. The molecule has 328 valence electrons. The molecule has 14 heteroatoms. The fourth-order valence-corrected chi connectivity index (χ4v) is 14.9. The number of thiophene rings is 6. The van der Waals surface area contributed by atoms with Crippen LogP contribution < -0.4 is 0 Å². The fourth-order valence-electron chi connectivity index (χ4n) is 7.56. The third kappa shape index (κ3) is 7.70. The lowest BCUT2D eigenvalue weighted by molar-refractivity contribution is -0.254. The van der Waals surface area contributed by atoms with Crippen LogP contribution in [0.15, 0.2) is 60.7 Å². The predicted octanol–water partition coefficient (Wildman–Crippen LogP) is 17.2. The molecule has 6 aromatic rings. The minimum absolute atomic E-state index is 0.145. The summed E-state index contributed by atoms with van der Waals surface area (Å²) in [4.78, 5) is 6.55. The van der Waals surface area contributed by atoms with Gasteiger partial charge in [-0.05, 0) is 97.2 Å². The van der Waals surface area contributed by atoms with E-state index in [4.69, 9.17) is 0 Å². The second-order valence-electron chi connectivity index (χ2n) is 17.8. The zero-order valence-corrected chi connectivity index (χ0v) is 40.6. The molecule has 0 atom stereocenters. The Hall–Kier alpha value is -2.56. The van der Waals surface area contributed by atoms with Crippen LogP contribution in [0.2, 0.25) is 0 Å². The van der Waals surface area contributed by atoms with Crippen LogP contribution in [0.25, 0.3) is 50.2 Å². The summed E-state index contributed by atoms with van der Waals surface area (Å²) >= 11 is 7.35. The van der Waals surface area contributed by atoms with Crippen LogP contribution in [0.3, 0.4) is 0 Å². The Balaban J connectivity index is 1.57. The zero-order chi connectivity index (χ0) is 44.9. The molecule has 61 heavy (non-hydrogen) atoms. The molecule has 0 aromatic carbocycles. The first-order chi connectivity index (χ1) is 28.3. The molecular formula is C47H50F6O2S6. The third-order valence-corrected chi connectivity index (χ3v) is 20.4. The van der Waals surface area contributed by atoms with Gasteiger partial charge in [0.1, 0.15) is 0 Å². The molecule has 0 fully saturated rings. The van der Waals surface area contributed by atoms with Crippen molar-refractivity contribution in [3.63, 3.8) is 0 Å². The Morgan fingerprint density at radius 1 is 0.426 bits per heavy atom. The maximum atomic E-state index is 17.0. The summed E-state index contributed by atoms with van der Waals surface area (Å²) in [6.07, 6.45) is 1.47. The van der Waals surface area contributed by atoms with Gasteiger partial charge < -0.3 is 10.2 Å². The first-order valence-electron chi connectivity index (χ1n) is 20.3. The molecule has 6 heterocycles. The molecule has 0 bridgehead atoms. The van der Waals surface area contributed by atoms with Gasteiger partial charge in [0, 0.05) is 71.0 Å². The first kappa shape index (κ1) is 46.4. The van der Waals surface area contributed by atoms with Crippen molar-refractivity contribution in [3.05, 3.63) is 91.3 Å². The van der Waals surface area contributed by atoms with Crippen molar-refractivity contribution in [2.75, 3.05) is 0 Å². The van der Waals surface area contributed by atoms with Gasteiger partial charge in [0.2, 0.25) is 0 Å². The fraction of sp³-hybridized carbons (Fsp3) is 0.447. The van der Waals surface area contributed by atoms with E-state index in [9.17, 15) is 10.2 Å². The predicted molar refractivity (Wildman–Crippen MR) is 250 cm³/mol. The van der Waals surface area contributed by atoms with Gasteiger partial charge in [-0.3, -0.25) is 0 Å². The quantitative estimate of drug-likeness (QED) is 0.120. The highest BCUT2D eigenvalue weighted by molar-refractivity contribution is 7.27. The van der Waals surface area contributed by atoms with Crippen LogP contribution in [-0.4, -0.2) is 28.0 Å². The molecule has 0 spiro atoms. The van der Waals surface area contributed by atoms with E-state index in [1.165, 1.54) is 34.8 Å². The summed E-state index contributed by atoms with van der Waals surface area (Å²) in [6.45, 7) is 19.6. The molecule has 7 rings (SSSR count). The number of allylic oxidation sites excluding steroid dienone is 2. The second kappa shape index (κ2) is 15.9. The zero-order valence-electron chi connectivity index (χ0n) is 35.7. The van der Waals surface area contributed by atoms with E-state index in [1.807, 2.05) is 93.5 Å². The molecule has 1 aliphatic carbocycles. The van der Waals surface area contributed by atoms with Crippen molar-refractivity contribution in [1.29, 1.82) is 0 Å². The number of halogens is 6. The van der Waals surface area contributed by atoms with Crippen LogP contribution >= 0.6 is 68.0 Å². The molecule has 0 radical (unpaired) electrons. The van der Waals surface area contributed by atoms with Gasteiger partial charge in [0.15, 0.2) is 0 Å². The maximum absolute atomic E-state index is 17.0. The maximum Gasteiger partial charge on any atom is 0.380 e. The van der Waals surface area contributed by atoms with Gasteiger partial charge in [-0.2, -0.15) is 26.3 Å². The molecule has 0 unspecified atom stereocenters. The average Bonchev–Trinajstić information content (AvgIpc) is 4.05. The Morgan fingerprint density at radius 3 is 1.02 bits per heavy atom. The Kier molecular flexibility index (Phi) is 12.1. The molecule has 0 saturated heterocycles. The van der Waals surface area contributed by atoms with E-state index < -0.39 is 51.2 Å². The van der Waals surface area contributed by atoms with E-state index in [1.54, 1.807) is 24.3 Å². The van der Waals surface area contributed by atoms with Crippen molar-refractivity contribution in [2.45, 2.75) is 135 Å². The smallest absolute Gasteiger partial charge is 0.380 e. The van der Waals surface area contributed by atoms with Crippen LogP contribution in [0.1, 0.15) is 126 Å². The third-order valence-electron chi connectivity index (χ3n) is 11.8. The first-order valence-corrected chi connectivity index (χ1v) is 25.2. The van der Waals surface area contributed by atoms with Crippen LogP contribution in [0.4, 0.5) is 26.3 Å². The summed E-state index contributed by atoms with van der Waals surface area (Å²) in [7, 11) is 0. The molecule has 2 nitrogen and oxygen atoms in total. The molecule has 1 aliphatic rings. The lowest BCUT2D eigenvalue weighted by Gasteiger charge is -2.26. The van der Waals surface area contributed by atoms with E-state index in [2.05, 4.69) is 0 Å². The van der Waals surface area contributed by atoms with Crippen molar-refractivity contribution >= 4 is 79.2 Å². The molecule has 0 amide bonds. The van der Waals surface area contributed by atoms with Gasteiger partial charge in [-0.25, -0.2) is 0 Å². The second-order valence-corrected chi connectivity index (χ2v) is 24.3. The Bertz CT molecular complexity index is 2410. The lowest BCUT2D eigenvalue weighted by atomic mass is 9.93. The Labute approximate surface area is 378 Å². The van der Waals surface area contributed by atoms with E-state index in [0.717, 1.165) is 55.1 Å². The van der Waals surface area contributed by atoms with Crippen molar-refractivity contribution in [2.24, 2.45) is 0 Å². The topological polar surface area (TPSA) is 40.5 Å². The van der Waals surface area contributed by atoms with Crippen molar-refractivity contribution < 1.29 is 36.6 Å². The monoisotopic (exact) mass is 952 g/mol. The highest BCUT2D eigenvalue weighted by atomic mass is 32.1. The molecular weight excluding hydrogens is 903 g/mol. The molecule has 0 aliphatic heterocycles.